The van der Waals surface area contributed by atoms with Crippen LogP contribution in [0.5, 0.6) is 0 Å². The number of ketones is 1. The number of methoxy groups -OCH3 is 1. The molecule has 1 aliphatic heterocycles. The Kier molecular flexibility index (Phi) is 5.96. The van der Waals surface area contributed by atoms with Gasteiger partial charge in [-0.3, -0.25) is 19.2 Å². The number of hydrogen-bond acceptors (Lipinski definition) is 8. The summed E-state index contributed by atoms with van der Waals surface area (Å²) in [7, 11) is 1.35. The summed E-state index contributed by atoms with van der Waals surface area (Å²) in [4.78, 5) is 52.0. The Morgan fingerprint density at radius 3 is 2.51 bits per heavy atom. The van der Waals surface area contributed by atoms with Gasteiger partial charge in [0.1, 0.15) is 18.0 Å². The highest BCUT2D eigenvalue weighted by Crippen LogP contribution is 2.68. The second-order valence-corrected chi connectivity index (χ2v) is 12.3. The smallest absolute Gasteiger partial charge is 0.310 e. The molecular weight excluding hydrogens is 476 g/mol. The molecule has 0 spiro atoms. The van der Waals surface area contributed by atoms with Gasteiger partial charge in [0.2, 0.25) is 0 Å². The average molecular weight is 513 g/mol. The van der Waals surface area contributed by atoms with E-state index in [1.54, 1.807) is 12.5 Å². The maximum atomic E-state index is 14.2. The monoisotopic (exact) mass is 512 g/mol. The highest BCUT2D eigenvalue weighted by molar-refractivity contribution is 5.92. The molecule has 2 bridgehead atoms. The number of ether oxygens (including phenoxy) is 3. The maximum Gasteiger partial charge on any atom is 0.310 e. The Labute approximate surface area is 217 Å². The van der Waals surface area contributed by atoms with E-state index in [0.717, 1.165) is 29.6 Å². The molecule has 2 heterocycles. The van der Waals surface area contributed by atoms with Crippen molar-refractivity contribution in [2.45, 2.75) is 78.9 Å². The first kappa shape index (κ1) is 25.7. The van der Waals surface area contributed by atoms with Crippen molar-refractivity contribution in [2.24, 2.45) is 34.0 Å². The van der Waals surface area contributed by atoms with E-state index in [1.807, 2.05) is 26.8 Å². The van der Waals surface area contributed by atoms with Crippen LogP contribution in [0.3, 0.4) is 0 Å². The summed E-state index contributed by atoms with van der Waals surface area (Å²) < 4.78 is 22.1. The van der Waals surface area contributed by atoms with Crippen molar-refractivity contribution >= 4 is 23.7 Å². The zero-order valence-electron chi connectivity index (χ0n) is 22.4. The van der Waals surface area contributed by atoms with Gasteiger partial charge in [0, 0.05) is 35.2 Å². The molecule has 8 heteroatoms. The van der Waals surface area contributed by atoms with Gasteiger partial charge >= 0.3 is 17.9 Å². The molecule has 8 nitrogen and oxygen atoms in total. The summed E-state index contributed by atoms with van der Waals surface area (Å²) in [6.07, 6.45) is 4.12. The minimum Gasteiger partial charge on any atom is -0.472 e. The Hall–Kier alpha value is -2.90. The second kappa shape index (κ2) is 8.57. The third-order valence-electron chi connectivity index (χ3n) is 10.1. The van der Waals surface area contributed by atoms with Crippen LogP contribution in [-0.2, 0) is 33.4 Å². The van der Waals surface area contributed by atoms with Gasteiger partial charge in [0.25, 0.3) is 0 Å². The molecule has 4 aliphatic rings. The van der Waals surface area contributed by atoms with Crippen molar-refractivity contribution in [1.82, 2.24) is 0 Å². The largest absolute Gasteiger partial charge is 0.472 e. The first-order chi connectivity index (χ1) is 17.4. The molecule has 3 fully saturated rings. The number of carbonyl (C=O) groups excluding carboxylic acids is 4. The molecule has 1 unspecified atom stereocenters. The van der Waals surface area contributed by atoms with Crippen LogP contribution in [0.15, 0.2) is 34.2 Å². The molecule has 37 heavy (non-hydrogen) atoms. The van der Waals surface area contributed by atoms with Crippen molar-refractivity contribution in [3.05, 3.63) is 35.3 Å². The van der Waals surface area contributed by atoms with Crippen LogP contribution in [0.2, 0.25) is 0 Å². The second-order valence-electron chi connectivity index (χ2n) is 12.3. The lowest BCUT2D eigenvalue weighted by Gasteiger charge is -2.63. The fourth-order valence-electron chi connectivity index (χ4n) is 8.37. The summed E-state index contributed by atoms with van der Waals surface area (Å²) in [5.74, 6) is -2.20. The van der Waals surface area contributed by atoms with E-state index in [2.05, 4.69) is 6.92 Å². The minimum absolute atomic E-state index is 0.0368. The highest BCUT2D eigenvalue weighted by Gasteiger charge is 2.68. The third kappa shape index (κ3) is 3.62. The van der Waals surface area contributed by atoms with E-state index in [4.69, 9.17) is 18.6 Å². The van der Waals surface area contributed by atoms with Crippen molar-refractivity contribution < 1.29 is 37.8 Å². The van der Waals surface area contributed by atoms with Crippen molar-refractivity contribution in [3.63, 3.8) is 0 Å². The molecule has 0 aromatic carbocycles. The number of fused-ring (bicyclic) bond motifs is 5. The molecule has 200 valence electrons. The summed E-state index contributed by atoms with van der Waals surface area (Å²) in [5, 5.41) is 0. The normalized spacial score (nSPS) is 38.3. The van der Waals surface area contributed by atoms with Gasteiger partial charge in [-0.1, -0.05) is 33.3 Å². The van der Waals surface area contributed by atoms with E-state index in [-0.39, 0.29) is 30.5 Å². The van der Waals surface area contributed by atoms with Gasteiger partial charge in [-0.15, -0.1) is 0 Å². The quantitative estimate of drug-likeness (QED) is 0.324. The van der Waals surface area contributed by atoms with E-state index < -0.39 is 52.2 Å². The lowest BCUT2D eigenvalue weighted by Crippen LogP contribution is -2.66. The predicted molar refractivity (Wildman–Crippen MR) is 131 cm³/mol. The van der Waals surface area contributed by atoms with Crippen LogP contribution in [0, 0.1) is 34.0 Å². The lowest BCUT2D eigenvalue weighted by atomic mass is 9.40. The van der Waals surface area contributed by atoms with Gasteiger partial charge in [0.05, 0.1) is 32.0 Å². The SMILES string of the molecule is COC(=O)C[C@H]1C(C)(C)[C@@H](OC(C)=O)[C@H]2CC3=C4CC(=O)O[C@@H](c5ccoc5)[C@]4(C)CCC3[C@@]1(C)C2=O. The zero-order chi connectivity index (χ0) is 26.9. The molecular formula is C29H36O8. The molecule has 0 N–H and O–H groups in total. The Balaban J connectivity index is 1.69. The standard InChI is InChI=1S/C29H36O8/c1-15(30)36-26-18-11-17-19(29(5,24(18)33)21(27(26,2)3)13-22(31)34-6)7-9-28(4)20(17)12-23(32)37-25(28)16-8-10-35-14-16/h8,10,14,18-19,21,25-26H,7,9,11-13H2,1-6H3/t18-,19?,21-,25-,26-,28+,29+/m0/s1. The van der Waals surface area contributed by atoms with Gasteiger partial charge in [-0.2, -0.15) is 0 Å². The summed E-state index contributed by atoms with van der Waals surface area (Å²) in [5.41, 5.74) is 0.968. The van der Waals surface area contributed by atoms with Crippen LogP contribution < -0.4 is 0 Å². The number of rotatable bonds is 4. The molecule has 1 aromatic heterocycles. The number of furan rings is 1. The van der Waals surface area contributed by atoms with Crippen molar-refractivity contribution in [2.75, 3.05) is 7.11 Å². The molecule has 5 rings (SSSR count). The Morgan fingerprint density at radius 1 is 1.16 bits per heavy atom. The summed E-state index contributed by atoms with van der Waals surface area (Å²) in [6.45, 7) is 9.43. The first-order valence-corrected chi connectivity index (χ1v) is 13.1. The van der Waals surface area contributed by atoms with Gasteiger partial charge in [-0.05, 0) is 42.7 Å². The van der Waals surface area contributed by atoms with Crippen LogP contribution in [-0.4, -0.2) is 36.9 Å². The molecule has 7 atom stereocenters. The van der Waals surface area contributed by atoms with Crippen molar-refractivity contribution in [1.29, 1.82) is 0 Å². The maximum absolute atomic E-state index is 14.2. The number of cyclic esters (lactones) is 1. The van der Waals surface area contributed by atoms with E-state index in [0.29, 0.717) is 6.42 Å². The summed E-state index contributed by atoms with van der Waals surface area (Å²) >= 11 is 0. The van der Waals surface area contributed by atoms with E-state index in [1.165, 1.54) is 14.0 Å². The topological polar surface area (TPSA) is 109 Å². The Bertz CT molecular complexity index is 1180. The van der Waals surface area contributed by atoms with Crippen LogP contribution in [0.1, 0.15) is 78.4 Å². The van der Waals surface area contributed by atoms with Crippen LogP contribution in [0.25, 0.3) is 0 Å². The lowest BCUT2D eigenvalue weighted by molar-refractivity contribution is -0.197. The number of Topliss-reactive ketones (excluding diaryl/α,β-unsaturated/α-hetero) is 1. The summed E-state index contributed by atoms with van der Waals surface area (Å²) in [6, 6.07) is 1.83. The van der Waals surface area contributed by atoms with Gasteiger partial charge in [-0.25, -0.2) is 0 Å². The van der Waals surface area contributed by atoms with Crippen LogP contribution in [0.4, 0.5) is 0 Å². The molecule has 1 aromatic rings. The fourth-order valence-corrected chi connectivity index (χ4v) is 8.37. The first-order valence-electron chi connectivity index (χ1n) is 13.1. The number of esters is 3. The fraction of sp³-hybridized carbons (Fsp3) is 0.655. The molecule has 0 radical (unpaired) electrons. The Morgan fingerprint density at radius 2 is 1.89 bits per heavy atom. The molecule has 0 amide bonds. The van der Waals surface area contributed by atoms with E-state index >= 15 is 0 Å². The number of carbonyl (C=O) groups is 4. The predicted octanol–water partition coefficient (Wildman–Crippen LogP) is 4.73. The average Bonchev–Trinajstić information content (AvgIpc) is 3.36. The minimum atomic E-state index is -0.868. The van der Waals surface area contributed by atoms with Crippen molar-refractivity contribution in [3.8, 4) is 0 Å². The number of allylic oxidation sites excluding steroid dienone is 1. The number of hydrogen-bond donors (Lipinski definition) is 0. The van der Waals surface area contributed by atoms with Gasteiger partial charge < -0.3 is 18.6 Å². The highest BCUT2D eigenvalue weighted by atomic mass is 16.6. The van der Waals surface area contributed by atoms with Gasteiger partial charge in [0.15, 0.2) is 0 Å². The zero-order valence-corrected chi connectivity index (χ0v) is 22.4. The molecule has 3 aliphatic carbocycles. The molecule has 1 saturated heterocycles. The molecule has 2 saturated carbocycles. The third-order valence-corrected chi connectivity index (χ3v) is 10.1. The van der Waals surface area contributed by atoms with E-state index in [9.17, 15) is 19.2 Å². The van der Waals surface area contributed by atoms with Crippen LogP contribution >= 0.6 is 0 Å².